The van der Waals surface area contributed by atoms with Crippen molar-refractivity contribution in [2.75, 3.05) is 0 Å². The summed E-state index contributed by atoms with van der Waals surface area (Å²) < 4.78 is 26.4. The summed E-state index contributed by atoms with van der Waals surface area (Å²) in [5.41, 5.74) is 3.76. The summed E-state index contributed by atoms with van der Waals surface area (Å²) in [6.07, 6.45) is -1.37. The van der Waals surface area contributed by atoms with Crippen LogP contribution in [0.15, 0.2) is 134 Å². The molecule has 0 N–H and O–H groups in total. The van der Waals surface area contributed by atoms with Gasteiger partial charge in [-0.2, -0.15) is 0 Å². The Balaban J connectivity index is 1.76. The fourth-order valence-corrected chi connectivity index (χ4v) is 4.20. The number of benzene rings is 4. The average molecular weight is 711 g/mol. The highest BCUT2D eigenvalue weighted by Gasteiger charge is 2.21. The zero-order chi connectivity index (χ0) is 38.8. The van der Waals surface area contributed by atoms with Crippen molar-refractivity contribution in [3.63, 3.8) is 0 Å². The summed E-state index contributed by atoms with van der Waals surface area (Å²) in [4.78, 5) is 61.4. The van der Waals surface area contributed by atoms with Crippen LogP contribution < -0.4 is 18.9 Å². The standard InChI is InChI=1S/C43H34O10/c1-25(2)39(44)49-34-18-9-29(10-19-34)11-22-36-37(51-41(46)27(5)6)23-33(24-38(36)52-43(48)53-42(47)28(7)8)32-14-12-30(13-15-32)31-16-20-35(21-17-31)50-40(45)26(3)4/h9-10,12-21,23-24H,1,3,5,7H2,2,4,6,8H3. The van der Waals surface area contributed by atoms with Crippen molar-refractivity contribution < 1.29 is 47.7 Å². The summed E-state index contributed by atoms with van der Waals surface area (Å²) in [7, 11) is 0. The highest BCUT2D eigenvalue weighted by molar-refractivity contribution is 5.94. The molecule has 0 aliphatic rings. The van der Waals surface area contributed by atoms with E-state index in [1.54, 1.807) is 61.5 Å². The maximum atomic E-state index is 12.8. The van der Waals surface area contributed by atoms with Crippen molar-refractivity contribution >= 4 is 30.0 Å². The van der Waals surface area contributed by atoms with Gasteiger partial charge in [0, 0.05) is 27.9 Å². The van der Waals surface area contributed by atoms with E-state index in [9.17, 15) is 24.0 Å². The van der Waals surface area contributed by atoms with Crippen molar-refractivity contribution in [2.24, 2.45) is 0 Å². The van der Waals surface area contributed by atoms with Gasteiger partial charge in [-0.3, -0.25) is 0 Å². The number of rotatable bonds is 10. The van der Waals surface area contributed by atoms with E-state index in [2.05, 4.69) is 38.2 Å². The molecule has 4 aromatic carbocycles. The van der Waals surface area contributed by atoms with Crippen molar-refractivity contribution in [1.82, 2.24) is 0 Å². The predicted molar refractivity (Wildman–Crippen MR) is 198 cm³/mol. The van der Waals surface area contributed by atoms with E-state index in [1.165, 1.54) is 39.0 Å². The van der Waals surface area contributed by atoms with Crippen molar-refractivity contribution in [3.05, 3.63) is 145 Å². The third-order valence-corrected chi connectivity index (χ3v) is 7.04. The van der Waals surface area contributed by atoms with E-state index in [4.69, 9.17) is 23.7 Å². The molecule has 0 amide bonds. The van der Waals surface area contributed by atoms with E-state index >= 15 is 0 Å². The molecule has 4 aromatic rings. The van der Waals surface area contributed by atoms with Crippen molar-refractivity contribution in [2.45, 2.75) is 27.7 Å². The monoisotopic (exact) mass is 710 g/mol. The third-order valence-electron chi connectivity index (χ3n) is 7.04. The Morgan fingerprint density at radius 2 is 0.830 bits per heavy atom. The second kappa shape index (κ2) is 17.1. The maximum Gasteiger partial charge on any atom is 0.522 e. The first-order valence-electron chi connectivity index (χ1n) is 15.8. The largest absolute Gasteiger partial charge is 0.522 e. The Kier molecular flexibility index (Phi) is 12.4. The molecule has 0 aliphatic carbocycles. The summed E-state index contributed by atoms with van der Waals surface area (Å²) in [6.45, 7) is 20.2. The molecule has 0 unspecified atom stereocenters. The van der Waals surface area contributed by atoms with Crippen LogP contribution in [0.1, 0.15) is 38.8 Å². The summed E-state index contributed by atoms with van der Waals surface area (Å²) in [5.74, 6) is 3.30. The van der Waals surface area contributed by atoms with Gasteiger partial charge in [-0.15, -0.1) is 0 Å². The smallest absolute Gasteiger partial charge is 0.423 e. The van der Waals surface area contributed by atoms with Gasteiger partial charge in [0.2, 0.25) is 0 Å². The first-order chi connectivity index (χ1) is 25.1. The molecule has 4 rings (SSSR count). The molecule has 10 nitrogen and oxygen atoms in total. The summed E-state index contributed by atoms with van der Waals surface area (Å²) in [5, 5.41) is 0. The third kappa shape index (κ3) is 10.6. The van der Waals surface area contributed by atoms with Gasteiger partial charge in [0.15, 0.2) is 11.5 Å². The zero-order valence-corrected chi connectivity index (χ0v) is 29.5. The van der Waals surface area contributed by atoms with E-state index in [0.29, 0.717) is 22.4 Å². The second-order valence-corrected chi connectivity index (χ2v) is 11.8. The molecule has 0 radical (unpaired) electrons. The molecule has 266 valence electrons. The Labute approximate surface area is 306 Å². The van der Waals surface area contributed by atoms with Crippen LogP contribution in [0.25, 0.3) is 22.3 Å². The van der Waals surface area contributed by atoms with Crippen LogP contribution in [0.4, 0.5) is 4.79 Å². The lowest BCUT2D eigenvalue weighted by Gasteiger charge is -2.14. The molecule has 0 aliphatic heterocycles. The van der Waals surface area contributed by atoms with Crippen molar-refractivity contribution in [3.8, 4) is 57.1 Å². The molecule has 0 spiro atoms. The number of ether oxygens (including phenoxy) is 5. The van der Waals surface area contributed by atoms with Crippen LogP contribution in [-0.2, 0) is 23.9 Å². The molecule has 0 saturated carbocycles. The number of esters is 4. The average Bonchev–Trinajstić information content (AvgIpc) is 3.11. The summed E-state index contributed by atoms with van der Waals surface area (Å²) in [6, 6.07) is 23.5. The number of hydrogen-bond acceptors (Lipinski definition) is 10. The fourth-order valence-electron chi connectivity index (χ4n) is 4.20. The van der Waals surface area contributed by atoms with E-state index in [1.807, 2.05) is 12.1 Å². The topological polar surface area (TPSA) is 132 Å². The molecule has 0 saturated heterocycles. The lowest BCUT2D eigenvalue weighted by molar-refractivity contribution is -0.134. The minimum atomic E-state index is -1.37. The van der Waals surface area contributed by atoms with Gasteiger partial charge in [-0.1, -0.05) is 74.6 Å². The molecular formula is C43H34O10. The minimum absolute atomic E-state index is 0.0232. The van der Waals surface area contributed by atoms with Crippen LogP contribution in [0, 0.1) is 11.8 Å². The van der Waals surface area contributed by atoms with Crippen LogP contribution in [0.5, 0.6) is 23.0 Å². The zero-order valence-electron chi connectivity index (χ0n) is 29.5. The molecule has 0 heterocycles. The van der Waals surface area contributed by atoms with E-state index in [0.717, 1.165) is 11.1 Å². The lowest BCUT2D eigenvalue weighted by Crippen LogP contribution is -2.17. The Hall–Kier alpha value is -7.25. The number of hydrogen-bond donors (Lipinski definition) is 0. The van der Waals surface area contributed by atoms with Gasteiger partial charge >= 0.3 is 30.0 Å². The molecular weight excluding hydrogens is 676 g/mol. The first-order valence-corrected chi connectivity index (χ1v) is 15.8. The quantitative estimate of drug-likeness (QED) is 0.0394. The van der Waals surface area contributed by atoms with Gasteiger partial charge < -0.3 is 23.7 Å². The fraction of sp³-hybridized carbons (Fsp3) is 0.0930. The lowest BCUT2D eigenvalue weighted by atomic mass is 9.98. The second-order valence-electron chi connectivity index (χ2n) is 11.8. The van der Waals surface area contributed by atoms with Crippen LogP contribution in [0.2, 0.25) is 0 Å². The summed E-state index contributed by atoms with van der Waals surface area (Å²) >= 11 is 0. The maximum absolute atomic E-state index is 12.8. The molecule has 0 atom stereocenters. The highest BCUT2D eigenvalue weighted by Crippen LogP contribution is 2.37. The molecule has 53 heavy (non-hydrogen) atoms. The SMILES string of the molecule is C=C(C)C(=O)OC(=O)Oc1cc(-c2ccc(-c3ccc(OC(=O)C(=C)C)cc3)cc2)cc(OC(=O)C(=C)C)c1C#Cc1ccc(OC(=O)C(=C)C)cc1. The molecule has 0 fully saturated rings. The Bertz CT molecular complexity index is 2230. The van der Waals surface area contributed by atoms with Gasteiger partial charge in [-0.05, 0) is 98.5 Å². The first kappa shape index (κ1) is 38.6. The predicted octanol–water partition coefficient (Wildman–Crippen LogP) is 8.48. The van der Waals surface area contributed by atoms with Gasteiger partial charge in [-0.25, -0.2) is 24.0 Å². The van der Waals surface area contributed by atoms with Crippen LogP contribution in [0.3, 0.4) is 0 Å². The van der Waals surface area contributed by atoms with E-state index < -0.39 is 30.0 Å². The van der Waals surface area contributed by atoms with E-state index in [-0.39, 0.29) is 45.1 Å². The van der Waals surface area contributed by atoms with Gasteiger partial charge in [0.25, 0.3) is 0 Å². The Morgan fingerprint density at radius 1 is 0.453 bits per heavy atom. The molecule has 0 bridgehead atoms. The normalized spacial score (nSPS) is 10.0. The van der Waals surface area contributed by atoms with Gasteiger partial charge in [0.1, 0.15) is 17.1 Å². The Morgan fingerprint density at radius 3 is 1.28 bits per heavy atom. The van der Waals surface area contributed by atoms with Crippen LogP contribution in [-0.4, -0.2) is 30.0 Å². The molecule has 0 aromatic heterocycles. The number of carbonyl (C=O) groups is 5. The van der Waals surface area contributed by atoms with Crippen LogP contribution >= 0.6 is 0 Å². The molecule has 10 heteroatoms. The number of carbonyl (C=O) groups excluding carboxylic acids is 5. The van der Waals surface area contributed by atoms with Gasteiger partial charge in [0.05, 0.1) is 0 Å². The highest BCUT2D eigenvalue weighted by atomic mass is 16.7. The van der Waals surface area contributed by atoms with Crippen molar-refractivity contribution in [1.29, 1.82) is 0 Å². The minimum Gasteiger partial charge on any atom is -0.423 e.